The second kappa shape index (κ2) is 10.7. The maximum atomic E-state index is 12.6. The van der Waals surface area contributed by atoms with Crippen LogP contribution in [0.4, 0.5) is 0 Å². The maximum absolute atomic E-state index is 12.6. The molecular formula is C22H24N2O6. The molecule has 8 nitrogen and oxygen atoms in total. The Hall–Kier alpha value is -3.78. The van der Waals surface area contributed by atoms with Crippen LogP contribution in [0.5, 0.6) is 23.0 Å². The Morgan fingerprint density at radius 1 is 0.767 bits per heavy atom. The first-order valence-corrected chi connectivity index (χ1v) is 9.27. The lowest BCUT2D eigenvalue weighted by Crippen LogP contribution is -2.35. The molecule has 2 aromatic rings. The molecule has 30 heavy (non-hydrogen) atoms. The van der Waals surface area contributed by atoms with Gasteiger partial charge in [0.05, 0.1) is 0 Å². The molecule has 8 heteroatoms. The number of carbonyl (C=O) groups excluding carboxylic acids is 2. The zero-order chi connectivity index (χ0) is 22.1. The fraction of sp³-hybridized carbons (Fsp3) is 0.182. The molecule has 0 saturated heterocycles. The monoisotopic (exact) mass is 412 g/mol. The molecule has 0 unspecified atom stereocenters. The molecule has 0 heterocycles. The summed E-state index contributed by atoms with van der Waals surface area (Å²) >= 11 is 0. The van der Waals surface area contributed by atoms with Gasteiger partial charge < -0.3 is 26.2 Å². The number of benzene rings is 2. The summed E-state index contributed by atoms with van der Waals surface area (Å²) in [5.41, 5.74) is 6.43. The van der Waals surface area contributed by atoms with Crippen LogP contribution in [-0.2, 0) is 9.59 Å². The van der Waals surface area contributed by atoms with Gasteiger partial charge in [0.15, 0.2) is 23.0 Å². The first-order chi connectivity index (χ1) is 14.3. The van der Waals surface area contributed by atoms with E-state index in [1.807, 2.05) is 0 Å². The van der Waals surface area contributed by atoms with Gasteiger partial charge in [-0.15, -0.1) is 0 Å². The molecule has 2 rings (SSSR count). The summed E-state index contributed by atoms with van der Waals surface area (Å²) in [7, 11) is 0. The largest absolute Gasteiger partial charge is 0.504 e. The van der Waals surface area contributed by atoms with Gasteiger partial charge in [-0.1, -0.05) is 12.1 Å². The van der Waals surface area contributed by atoms with Crippen LogP contribution in [0.3, 0.4) is 0 Å². The molecule has 0 aliphatic carbocycles. The van der Waals surface area contributed by atoms with Gasteiger partial charge in [-0.2, -0.15) is 0 Å². The van der Waals surface area contributed by atoms with Gasteiger partial charge in [0.25, 0.3) is 11.8 Å². The number of phenolic OH excluding ortho intramolecular Hbond substituents is 4. The minimum Gasteiger partial charge on any atom is -0.504 e. The highest BCUT2D eigenvalue weighted by molar-refractivity contribution is 6.07. The fourth-order valence-electron chi connectivity index (χ4n) is 2.55. The fourth-order valence-corrected chi connectivity index (χ4v) is 2.55. The van der Waals surface area contributed by atoms with Crippen LogP contribution < -0.4 is 5.73 Å². The minimum atomic E-state index is -0.553. The molecule has 0 radical (unpaired) electrons. The van der Waals surface area contributed by atoms with Crippen molar-refractivity contribution in [1.29, 1.82) is 0 Å². The van der Waals surface area contributed by atoms with Crippen molar-refractivity contribution < 1.29 is 30.0 Å². The summed E-state index contributed by atoms with van der Waals surface area (Å²) in [4.78, 5) is 26.2. The molecule has 2 aromatic carbocycles. The highest BCUT2D eigenvalue weighted by atomic mass is 16.3. The molecule has 0 atom stereocenters. The second-order valence-electron chi connectivity index (χ2n) is 6.49. The van der Waals surface area contributed by atoms with E-state index in [0.717, 1.165) is 4.90 Å². The standard InChI is InChI=1S/C22H24N2O6/c23-11-1-2-12-24(21(29)9-5-15-3-7-17(25)19(27)13-15)22(30)10-6-16-4-8-18(26)20(28)14-16/h3-10,13-14,25-28H,1-2,11-12,23H2/b9-5+,10-6+. The quantitative estimate of drug-likeness (QED) is 0.254. The summed E-state index contributed by atoms with van der Waals surface area (Å²) in [6.07, 6.45) is 6.43. The summed E-state index contributed by atoms with van der Waals surface area (Å²) in [5, 5.41) is 37.8. The topological polar surface area (TPSA) is 144 Å². The van der Waals surface area contributed by atoms with Crippen LogP contribution in [0.2, 0.25) is 0 Å². The number of unbranched alkanes of at least 4 members (excludes halogenated alkanes) is 1. The third kappa shape index (κ3) is 6.39. The number of hydrogen-bond donors (Lipinski definition) is 5. The van der Waals surface area contributed by atoms with Crippen molar-refractivity contribution in [2.24, 2.45) is 5.73 Å². The first-order valence-electron chi connectivity index (χ1n) is 9.27. The lowest BCUT2D eigenvalue weighted by atomic mass is 10.1. The molecule has 0 saturated carbocycles. The Labute approximate surface area is 173 Å². The van der Waals surface area contributed by atoms with Crippen molar-refractivity contribution in [2.75, 3.05) is 13.1 Å². The van der Waals surface area contributed by atoms with Crippen LogP contribution >= 0.6 is 0 Å². The lowest BCUT2D eigenvalue weighted by molar-refractivity contribution is -0.138. The Kier molecular flexibility index (Phi) is 8.01. The van der Waals surface area contributed by atoms with Crippen molar-refractivity contribution in [3.63, 3.8) is 0 Å². The van der Waals surface area contributed by atoms with Gasteiger partial charge in [-0.3, -0.25) is 14.5 Å². The number of nitrogens with two attached hydrogens (primary N) is 1. The number of aromatic hydroxyl groups is 4. The molecule has 0 aliphatic heterocycles. The van der Waals surface area contributed by atoms with Gasteiger partial charge in [0.1, 0.15) is 0 Å². The molecule has 2 amide bonds. The van der Waals surface area contributed by atoms with Crippen LogP contribution in [0.15, 0.2) is 48.6 Å². The molecular weight excluding hydrogens is 388 g/mol. The average molecular weight is 412 g/mol. The molecule has 0 fully saturated rings. The third-order valence-electron chi connectivity index (χ3n) is 4.20. The number of hydrogen-bond acceptors (Lipinski definition) is 7. The zero-order valence-electron chi connectivity index (χ0n) is 16.2. The van der Waals surface area contributed by atoms with E-state index in [4.69, 9.17) is 5.73 Å². The summed E-state index contributed by atoms with van der Waals surface area (Å²) in [6, 6.07) is 8.18. The van der Waals surface area contributed by atoms with Crippen LogP contribution in [-0.4, -0.2) is 50.2 Å². The SMILES string of the molecule is NCCCCN(C(=O)/C=C/c1ccc(O)c(O)c1)C(=O)/C=C/c1ccc(O)c(O)c1. The molecule has 6 N–H and O–H groups in total. The Morgan fingerprint density at radius 2 is 1.23 bits per heavy atom. The van der Waals surface area contributed by atoms with Gasteiger partial charge in [0, 0.05) is 18.7 Å². The number of imide groups is 1. The number of carbonyl (C=O) groups is 2. The van der Waals surface area contributed by atoms with E-state index in [9.17, 15) is 30.0 Å². The van der Waals surface area contributed by atoms with Crippen LogP contribution in [0.1, 0.15) is 24.0 Å². The summed E-state index contributed by atoms with van der Waals surface area (Å²) < 4.78 is 0. The number of amides is 2. The second-order valence-corrected chi connectivity index (χ2v) is 6.49. The smallest absolute Gasteiger partial charge is 0.253 e. The van der Waals surface area contributed by atoms with E-state index >= 15 is 0 Å². The summed E-state index contributed by atoms with van der Waals surface area (Å²) in [5.74, 6) is -2.29. The van der Waals surface area contributed by atoms with Crippen molar-refractivity contribution in [3.8, 4) is 23.0 Å². The van der Waals surface area contributed by atoms with Gasteiger partial charge >= 0.3 is 0 Å². The Bertz CT molecular complexity index is 895. The number of phenols is 4. The average Bonchev–Trinajstić information content (AvgIpc) is 2.72. The lowest BCUT2D eigenvalue weighted by Gasteiger charge is -2.17. The van der Waals surface area contributed by atoms with Gasteiger partial charge in [-0.05, 0) is 66.9 Å². The van der Waals surface area contributed by atoms with E-state index in [0.29, 0.717) is 30.5 Å². The number of rotatable bonds is 8. The zero-order valence-corrected chi connectivity index (χ0v) is 16.2. The van der Waals surface area contributed by atoms with Crippen LogP contribution in [0, 0.1) is 0 Å². The molecule has 0 spiro atoms. The van der Waals surface area contributed by atoms with Crippen LogP contribution in [0.25, 0.3) is 12.2 Å². The summed E-state index contributed by atoms with van der Waals surface area (Å²) in [6.45, 7) is 0.604. The third-order valence-corrected chi connectivity index (χ3v) is 4.20. The predicted molar refractivity (Wildman–Crippen MR) is 113 cm³/mol. The van der Waals surface area contributed by atoms with E-state index in [2.05, 4.69) is 0 Å². The molecule has 0 aromatic heterocycles. The van der Waals surface area contributed by atoms with E-state index in [1.54, 1.807) is 0 Å². The highest BCUT2D eigenvalue weighted by Crippen LogP contribution is 2.26. The van der Waals surface area contributed by atoms with E-state index < -0.39 is 11.8 Å². The van der Waals surface area contributed by atoms with Crippen molar-refractivity contribution in [3.05, 3.63) is 59.7 Å². The first kappa shape index (κ1) is 22.5. The van der Waals surface area contributed by atoms with E-state index in [1.165, 1.54) is 60.7 Å². The number of nitrogens with zero attached hydrogens (tertiary/aromatic N) is 1. The van der Waals surface area contributed by atoms with Gasteiger partial charge in [-0.25, -0.2) is 0 Å². The predicted octanol–water partition coefficient (Wildman–Crippen LogP) is 2.33. The Morgan fingerprint density at radius 3 is 1.63 bits per heavy atom. The van der Waals surface area contributed by atoms with Gasteiger partial charge in [0.2, 0.25) is 0 Å². The Balaban J connectivity index is 2.15. The van der Waals surface area contributed by atoms with E-state index in [-0.39, 0.29) is 29.5 Å². The maximum Gasteiger partial charge on any atom is 0.253 e. The molecule has 158 valence electrons. The molecule has 0 aliphatic rings. The highest BCUT2D eigenvalue weighted by Gasteiger charge is 2.16. The minimum absolute atomic E-state index is 0.172. The van der Waals surface area contributed by atoms with Crippen molar-refractivity contribution >= 4 is 24.0 Å². The molecule has 0 bridgehead atoms. The van der Waals surface area contributed by atoms with Crippen molar-refractivity contribution in [1.82, 2.24) is 4.90 Å². The van der Waals surface area contributed by atoms with Crippen molar-refractivity contribution in [2.45, 2.75) is 12.8 Å². The normalized spacial score (nSPS) is 11.2.